The van der Waals surface area contributed by atoms with Crippen molar-refractivity contribution in [2.24, 2.45) is 0 Å². The summed E-state index contributed by atoms with van der Waals surface area (Å²) in [4.78, 5) is 14.4. The van der Waals surface area contributed by atoms with E-state index in [1.54, 1.807) is 12.3 Å². The Balaban J connectivity index is 1.51. The van der Waals surface area contributed by atoms with Crippen molar-refractivity contribution in [3.63, 3.8) is 0 Å². The molecule has 3 aromatic rings. The van der Waals surface area contributed by atoms with Gasteiger partial charge in [-0.3, -0.25) is 9.36 Å². The largest absolute Gasteiger partial charge is 0.467 e. The molecular formula is C20H23N5O3S. The van der Waals surface area contributed by atoms with Gasteiger partial charge in [-0.15, -0.1) is 10.2 Å². The van der Waals surface area contributed by atoms with Crippen LogP contribution in [0, 0.1) is 6.92 Å². The predicted octanol–water partition coefficient (Wildman–Crippen LogP) is 2.41. The van der Waals surface area contributed by atoms with Crippen molar-refractivity contribution in [2.45, 2.75) is 18.6 Å². The van der Waals surface area contributed by atoms with Crippen LogP contribution >= 0.6 is 11.8 Å². The molecule has 1 N–H and O–H groups in total. The van der Waals surface area contributed by atoms with Crippen LogP contribution in [0.5, 0.6) is 0 Å². The Morgan fingerprint density at radius 2 is 2.07 bits per heavy atom. The summed E-state index contributed by atoms with van der Waals surface area (Å²) in [6, 6.07) is 11.8. The second kappa shape index (κ2) is 9.15. The summed E-state index contributed by atoms with van der Waals surface area (Å²) in [5, 5.41) is 12.3. The van der Waals surface area contributed by atoms with E-state index in [0.29, 0.717) is 24.9 Å². The van der Waals surface area contributed by atoms with E-state index < -0.39 is 0 Å². The minimum Gasteiger partial charge on any atom is -0.467 e. The quantitative estimate of drug-likeness (QED) is 0.596. The van der Waals surface area contributed by atoms with Gasteiger partial charge < -0.3 is 19.4 Å². The Kier molecular flexibility index (Phi) is 6.16. The van der Waals surface area contributed by atoms with Crippen molar-refractivity contribution in [2.75, 3.05) is 37.0 Å². The smallest absolute Gasteiger partial charge is 0.232 e. The maximum atomic E-state index is 12.3. The fourth-order valence-corrected chi connectivity index (χ4v) is 3.87. The number of hydrogen-bond donors (Lipinski definition) is 1. The number of benzene rings is 1. The van der Waals surface area contributed by atoms with Gasteiger partial charge in [-0.1, -0.05) is 23.9 Å². The summed E-state index contributed by atoms with van der Waals surface area (Å²) < 4.78 is 12.7. The second-order valence-electron chi connectivity index (χ2n) is 6.70. The number of aromatic nitrogens is 3. The average molecular weight is 414 g/mol. The lowest BCUT2D eigenvalue weighted by Crippen LogP contribution is -2.37. The van der Waals surface area contributed by atoms with E-state index in [1.165, 1.54) is 11.8 Å². The molecule has 3 heterocycles. The number of nitrogens with zero attached hydrogens (tertiary/aromatic N) is 4. The number of thioether (sulfide) groups is 1. The number of nitrogens with one attached hydrogen (secondary N) is 1. The Morgan fingerprint density at radius 3 is 2.83 bits per heavy atom. The molecule has 8 nitrogen and oxygen atoms in total. The molecule has 0 aliphatic carbocycles. The molecule has 0 spiro atoms. The molecule has 1 aliphatic heterocycles. The highest BCUT2D eigenvalue weighted by molar-refractivity contribution is 7.99. The van der Waals surface area contributed by atoms with E-state index >= 15 is 0 Å². The summed E-state index contributed by atoms with van der Waals surface area (Å²) >= 11 is 1.37. The standard InChI is InChI=1S/C20H23N5O3S/c1-15-4-2-5-16(12-15)25-19(24-7-10-27-11-8-24)22-23-20(25)29-14-18(26)21-13-17-6-3-9-28-17/h2-6,9,12H,7-8,10-11,13-14H2,1H3,(H,21,26). The number of carbonyl (C=O) groups excluding carboxylic acids is 1. The van der Waals surface area contributed by atoms with E-state index in [1.807, 2.05) is 22.8 Å². The van der Waals surface area contributed by atoms with Crippen LogP contribution in [0.2, 0.25) is 0 Å². The zero-order valence-electron chi connectivity index (χ0n) is 16.2. The van der Waals surface area contributed by atoms with Gasteiger partial charge in [0.05, 0.1) is 37.5 Å². The molecule has 0 unspecified atom stereocenters. The van der Waals surface area contributed by atoms with Crippen LogP contribution < -0.4 is 10.2 Å². The minimum absolute atomic E-state index is 0.0851. The molecule has 152 valence electrons. The van der Waals surface area contributed by atoms with Gasteiger partial charge in [-0.05, 0) is 36.8 Å². The number of hydrogen-bond acceptors (Lipinski definition) is 7. The molecule has 1 amide bonds. The van der Waals surface area contributed by atoms with Crippen molar-refractivity contribution in [1.29, 1.82) is 0 Å². The van der Waals surface area contributed by atoms with Crippen molar-refractivity contribution in [3.05, 3.63) is 54.0 Å². The summed E-state index contributed by atoms with van der Waals surface area (Å²) in [5.74, 6) is 1.66. The Morgan fingerprint density at radius 1 is 1.21 bits per heavy atom. The highest BCUT2D eigenvalue weighted by Gasteiger charge is 2.22. The van der Waals surface area contributed by atoms with Gasteiger partial charge in [-0.2, -0.15) is 0 Å². The third-order valence-electron chi connectivity index (χ3n) is 4.54. The van der Waals surface area contributed by atoms with Crippen LogP contribution in [-0.4, -0.2) is 52.7 Å². The van der Waals surface area contributed by atoms with E-state index in [9.17, 15) is 4.79 Å². The van der Waals surface area contributed by atoms with Crippen LogP contribution in [0.15, 0.2) is 52.2 Å². The molecular weight excluding hydrogens is 390 g/mol. The molecule has 9 heteroatoms. The fourth-order valence-electron chi connectivity index (χ4n) is 3.10. The molecule has 29 heavy (non-hydrogen) atoms. The minimum atomic E-state index is -0.0851. The van der Waals surface area contributed by atoms with Crippen LogP contribution in [0.4, 0.5) is 5.95 Å². The SMILES string of the molecule is Cc1cccc(-n2c(SCC(=O)NCc3ccco3)nnc2N2CCOCC2)c1. The van der Waals surface area contributed by atoms with E-state index in [4.69, 9.17) is 9.15 Å². The molecule has 0 bridgehead atoms. The molecule has 1 saturated heterocycles. The topological polar surface area (TPSA) is 85.4 Å². The highest BCUT2D eigenvalue weighted by Crippen LogP contribution is 2.27. The van der Waals surface area contributed by atoms with E-state index in [0.717, 1.165) is 36.0 Å². The van der Waals surface area contributed by atoms with Crippen molar-refractivity contribution in [3.8, 4) is 5.69 Å². The summed E-state index contributed by atoms with van der Waals surface area (Å²) in [6.45, 7) is 5.28. The number of ether oxygens (including phenoxy) is 1. The molecule has 2 aromatic heterocycles. The Bertz CT molecular complexity index is 951. The number of anilines is 1. The lowest BCUT2D eigenvalue weighted by atomic mass is 10.2. The molecule has 0 radical (unpaired) electrons. The first-order valence-corrected chi connectivity index (χ1v) is 10.5. The highest BCUT2D eigenvalue weighted by atomic mass is 32.2. The Labute approximate surface area is 173 Å². The number of furan rings is 1. The number of carbonyl (C=O) groups is 1. The third-order valence-corrected chi connectivity index (χ3v) is 5.47. The number of aryl methyl sites for hydroxylation is 1. The van der Waals surface area contributed by atoms with Gasteiger partial charge in [0.15, 0.2) is 5.16 Å². The first-order valence-electron chi connectivity index (χ1n) is 9.48. The van der Waals surface area contributed by atoms with Crippen molar-refractivity contribution < 1.29 is 13.9 Å². The maximum Gasteiger partial charge on any atom is 0.232 e. The van der Waals surface area contributed by atoms with Crippen LogP contribution in [-0.2, 0) is 16.1 Å². The van der Waals surface area contributed by atoms with Gasteiger partial charge in [0.25, 0.3) is 0 Å². The van der Waals surface area contributed by atoms with Crippen LogP contribution in [0.25, 0.3) is 5.69 Å². The maximum absolute atomic E-state index is 12.3. The fraction of sp³-hybridized carbons (Fsp3) is 0.350. The summed E-state index contributed by atoms with van der Waals surface area (Å²) in [7, 11) is 0. The Hall–Kier alpha value is -2.78. The normalized spacial score (nSPS) is 14.2. The zero-order chi connectivity index (χ0) is 20.1. The van der Waals surface area contributed by atoms with Crippen LogP contribution in [0.3, 0.4) is 0 Å². The van der Waals surface area contributed by atoms with Crippen LogP contribution in [0.1, 0.15) is 11.3 Å². The van der Waals surface area contributed by atoms with Gasteiger partial charge >= 0.3 is 0 Å². The van der Waals surface area contributed by atoms with E-state index in [2.05, 4.69) is 39.5 Å². The van der Waals surface area contributed by atoms with Gasteiger partial charge in [0.1, 0.15) is 5.76 Å². The first kappa shape index (κ1) is 19.5. The monoisotopic (exact) mass is 413 g/mol. The second-order valence-corrected chi connectivity index (χ2v) is 7.64. The van der Waals surface area contributed by atoms with Gasteiger partial charge in [0, 0.05) is 13.1 Å². The summed E-state index contributed by atoms with van der Waals surface area (Å²) in [6.07, 6.45) is 1.59. The molecule has 1 fully saturated rings. The predicted molar refractivity (Wildman–Crippen MR) is 110 cm³/mol. The van der Waals surface area contributed by atoms with Crippen molar-refractivity contribution >= 4 is 23.6 Å². The lowest BCUT2D eigenvalue weighted by molar-refractivity contribution is -0.118. The number of morpholine rings is 1. The number of amides is 1. The molecule has 1 aromatic carbocycles. The lowest BCUT2D eigenvalue weighted by Gasteiger charge is -2.28. The molecule has 4 rings (SSSR count). The molecule has 0 saturated carbocycles. The van der Waals surface area contributed by atoms with Gasteiger partial charge in [0.2, 0.25) is 11.9 Å². The zero-order valence-corrected chi connectivity index (χ0v) is 17.0. The molecule has 0 atom stereocenters. The summed E-state index contributed by atoms with van der Waals surface area (Å²) in [5.41, 5.74) is 2.13. The van der Waals surface area contributed by atoms with E-state index in [-0.39, 0.29) is 11.7 Å². The average Bonchev–Trinajstić information content (AvgIpc) is 3.41. The number of rotatable bonds is 7. The third kappa shape index (κ3) is 4.80. The van der Waals surface area contributed by atoms with Gasteiger partial charge in [-0.25, -0.2) is 0 Å². The molecule has 1 aliphatic rings. The van der Waals surface area contributed by atoms with Crippen molar-refractivity contribution in [1.82, 2.24) is 20.1 Å². The first-order chi connectivity index (χ1) is 14.2.